The molecule has 1 aliphatic rings. The van der Waals surface area contributed by atoms with E-state index in [0.717, 1.165) is 13.5 Å². The molecule has 0 aromatic carbocycles. The predicted molar refractivity (Wildman–Crippen MR) is 63.3 cm³/mol. The first kappa shape index (κ1) is 17.6. The average molecular weight is 370 g/mol. The third-order valence-corrected chi connectivity index (χ3v) is 4.46. The Morgan fingerprint density at radius 2 is 1.55 bits per heavy atom. The summed E-state index contributed by atoms with van der Waals surface area (Å²) in [6, 6.07) is -0.650. The van der Waals surface area contributed by atoms with Gasteiger partial charge in [0.15, 0.2) is 0 Å². The summed E-state index contributed by atoms with van der Waals surface area (Å²) in [6.45, 7) is 0. The third kappa shape index (κ3) is 4.02. The smallest absolute Gasteiger partial charge is 0.341 e. The zero-order valence-electron chi connectivity index (χ0n) is 10.6. The van der Waals surface area contributed by atoms with Crippen LogP contribution < -0.4 is 0 Å². The molecule has 1 amide bonds. The summed E-state index contributed by atoms with van der Waals surface area (Å²) >= 11 is 3.22. The molecule has 1 saturated carbocycles. The molecule has 9 heteroatoms. The van der Waals surface area contributed by atoms with Gasteiger partial charge in [-0.2, -0.15) is 26.3 Å². The Hall–Kier alpha value is -0.470. The van der Waals surface area contributed by atoms with Crippen molar-refractivity contribution in [3.8, 4) is 0 Å². The first-order valence-corrected chi connectivity index (χ1v) is 6.92. The van der Waals surface area contributed by atoms with Crippen LogP contribution in [-0.4, -0.2) is 41.1 Å². The molecule has 1 aliphatic carbocycles. The van der Waals surface area contributed by atoms with Gasteiger partial charge in [0.1, 0.15) is 0 Å². The molecule has 0 saturated heterocycles. The molecule has 2 nitrogen and oxygen atoms in total. The van der Waals surface area contributed by atoms with E-state index in [1.54, 1.807) is 0 Å². The topological polar surface area (TPSA) is 20.3 Å². The Labute approximate surface area is 120 Å². The zero-order chi connectivity index (χ0) is 15.7. The molecule has 0 N–H and O–H groups in total. The number of carbonyl (C=O) groups excluding carboxylic acids is 1. The summed E-state index contributed by atoms with van der Waals surface area (Å²) in [5.74, 6) is -5.90. The van der Waals surface area contributed by atoms with Crippen LogP contribution in [0.1, 0.15) is 25.7 Å². The van der Waals surface area contributed by atoms with E-state index in [-0.39, 0.29) is 4.83 Å². The van der Waals surface area contributed by atoms with Crippen LogP contribution in [0.3, 0.4) is 0 Å². The van der Waals surface area contributed by atoms with Gasteiger partial charge in [-0.15, -0.1) is 0 Å². The molecule has 118 valence electrons. The molecule has 1 fully saturated rings. The molecular formula is C11H14BrF6NO. The Morgan fingerprint density at radius 3 is 1.95 bits per heavy atom. The molecule has 0 aliphatic heterocycles. The molecule has 0 aromatic rings. The van der Waals surface area contributed by atoms with Crippen LogP contribution in [0.5, 0.6) is 0 Å². The number of alkyl halides is 7. The van der Waals surface area contributed by atoms with Gasteiger partial charge in [0.25, 0.3) is 0 Å². The van der Waals surface area contributed by atoms with E-state index in [0.29, 0.717) is 24.2 Å². The highest BCUT2D eigenvalue weighted by Gasteiger charge is 2.62. The highest BCUT2D eigenvalue weighted by molar-refractivity contribution is 9.09. The van der Waals surface area contributed by atoms with Crippen LogP contribution in [-0.2, 0) is 4.79 Å². The Morgan fingerprint density at radius 1 is 1.10 bits per heavy atom. The highest BCUT2D eigenvalue weighted by Crippen LogP contribution is 2.41. The van der Waals surface area contributed by atoms with Crippen molar-refractivity contribution in [1.82, 2.24) is 4.90 Å². The number of nitrogens with zero attached hydrogens (tertiary/aromatic N) is 1. The van der Waals surface area contributed by atoms with Crippen molar-refractivity contribution in [2.75, 3.05) is 7.05 Å². The Balaban J connectivity index is 2.95. The van der Waals surface area contributed by atoms with E-state index < -0.39 is 30.2 Å². The fourth-order valence-corrected chi connectivity index (χ4v) is 3.28. The Kier molecular flexibility index (Phi) is 5.37. The fourth-order valence-electron chi connectivity index (χ4n) is 2.33. The second kappa shape index (κ2) is 6.11. The standard InChI is InChI=1S/C11H14BrF6NO/c1-19(7-5-3-2-4-6(7)12)9(20)8(10(13,14)15)11(16,17)18/h6-8H,2-5H2,1H3. The molecule has 1 rings (SSSR count). The summed E-state index contributed by atoms with van der Waals surface area (Å²) in [5, 5.41) is 0. The van der Waals surface area contributed by atoms with Gasteiger partial charge < -0.3 is 4.90 Å². The minimum Gasteiger partial charge on any atom is -0.341 e. The van der Waals surface area contributed by atoms with E-state index in [9.17, 15) is 31.1 Å². The summed E-state index contributed by atoms with van der Waals surface area (Å²) in [4.78, 5) is 11.9. The third-order valence-electron chi connectivity index (χ3n) is 3.39. The summed E-state index contributed by atoms with van der Waals surface area (Å²) < 4.78 is 75.1. The lowest BCUT2D eigenvalue weighted by atomic mass is 9.93. The van der Waals surface area contributed by atoms with E-state index in [1.165, 1.54) is 0 Å². The molecule has 0 aromatic heterocycles. The second-order valence-electron chi connectivity index (χ2n) is 4.83. The van der Waals surface area contributed by atoms with Crippen molar-refractivity contribution in [1.29, 1.82) is 0 Å². The number of carbonyl (C=O) groups is 1. The maximum atomic E-state index is 12.5. The number of hydrogen-bond donors (Lipinski definition) is 0. The van der Waals surface area contributed by atoms with Crippen molar-refractivity contribution in [2.45, 2.75) is 48.9 Å². The molecule has 20 heavy (non-hydrogen) atoms. The Bertz CT molecular complexity index is 342. The molecule has 0 bridgehead atoms. The van der Waals surface area contributed by atoms with Crippen molar-refractivity contribution < 1.29 is 31.1 Å². The summed E-state index contributed by atoms with van der Waals surface area (Å²) in [5.41, 5.74) is 0. The van der Waals surface area contributed by atoms with Gasteiger partial charge in [0.2, 0.25) is 11.8 Å². The molecule has 0 heterocycles. The second-order valence-corrected chi connectivity index (χ2v) is 6.01. The van der Waals surface area contributed by atoms with Gasteiger partial charge in [-0.3, -0.25) is 4.79 Å². The predicted octanol–water partition coefficient (Wildman–Crippen LogP) is 3.89. The lowest BCUT2D eigenvalue weighted by Crippen LogP contribution is -2.53. The van der Waals surface area contributed by atoms with Gasteiger partial charge in [-0.05, 0) is 12.8 Å². The van der Waals surface area contributed by atoms with Gasteiger partial charge >= 0.3 is 12.4 Å². The van der Waals surface area contributed by atoms with E-state index in [2.05, 4.69) is 15.9 Å². The zero-order valence-corrected chi connectivity index (χ0v) is 12.1. The van der Waals surface area contributed by atoms with Gasteiger partial charge in [-0.25, -0.2) is 0 Å². The first-order chi connectivity index (χ1) is 8.96. The van der Waals surface area contributed by atoms with E-state index in [1.807, 2.05) is 0 Å². The van der Waals surface area contributed by atoms with Crippen LogP contribution in [0.2, 0.25) is 0 Å². The maximum Gasteiger partial charge on any atom is 0.409 e. The van der Waals surface area contributed by atoms with Crippen molar-refractivity contribution in [2.24, 2.45) is 5.92 Å². The van der Waals surface area contributed by atoms with Crippen LogP contribution in [0, 0.1) is 5.92 Å². The summed E-state index contributed by atoms with van der Waals surface area (Å²) in [6.07, 6.45) is -8.77. The van der Waals surface area contributed by atoms with Crippen LogP contribution in [0.15, 0.2) is 0 Å². The SMILES string of the molecule is CN(C(=O)C(C(F)(F)F)C(F)(F)F)C1CCCCC1Br. The van der Waals surface area contributed by atoms with Crippen molar-refractivity contribution in [3.63, 3.8) is 0 Å². The molecule has 0 radical (unpaired) electrons. The van der Waals surface area contributed by atoms with Gasteiger partial charge in [0, 0.05) is 17.9 Å². The fraction of sp³-hybridized carbons (Fsp3) is 0.909. The normalized spacial score (nSPS) is 24.9. The lowest BCUT2D eigenvalue weighted by Gasteiger charge is -2.37. The van der Waals surface area contributed by atoms with E-state index >= 15 is 0 Å². The average Bonchev–Trinajstić information content (AvgIpc) is 2.24. The largest absolute Gasteiger partial charge is 0.409 e. The van der Waals surface area contributed by atoms with Crippen LogP contribution in [0.25, 0.3) is 0 Å². The molecule has 2 atom stereocenters. The number of halogens is 7. The minimum absolute atomic E-state index is 0.285. The van der Waals surface area contributed by atoms with E-state index in [4.69, 9.17) is 0 Å². The first-order valence-electron chi connectivity index (χ1n) is 6.00. The number of hydrogen-bond acceptors (Lipinski definition) is 1. The number of amides is 1. The van der Waals surface area contributed by atoms with Crippen LogP contribution >= 0.6 is 15.9 Å². The summed E-state index contributed by atoms with van der Waals surface area (Å²) in [7, 11) is 0.997. The molecule has 0 spiro atoms. The van der Waals surface area contributed by atoms with Crippen LogP contribution in [0.4, 0.5) is 26.3 Å². The highest BCUT2D eigenvalue weighted by atomic mass is 79.9. The maximum absolute atomic E-state index is 12.5. The quantitative estimate of drug-likeness (QED) is 0.534. The van der Waals surface area contributed by atoms with Crippen molar-refractivity contribution in [3.05, 3.63) is 0 Å². The monoisotopic (exact) mass is 369 g/mol. The molecule has 2 unspecified atom stereocenters. The van der Waals surface area contributed by atoms with Crippen molar-refractivity contribution >= 4 is 21.8 Å². The molecular weight excluding hydrogens is 356 g/mol. The van der Waals surface area contributed by atoms with Gasteiger partial charge in [-0.1, -0.05) is 28.8 Å². The minimum atomic E-state index is -5.64. The number of rotatable bonds is 2. The lowest BCUT2D eigenvalue weighted by molar-refractivity contribution is -0.277. The van der Waals surface area contributed by atoms with Gasteiger partial charge in [0.05, 0.1) is 0 Å².